The molecule has 0 unspecified atom stereocenters. The number of carbonyl (C=O) groups is 1. The molecule has 0 saturated carbocycles. The topological polar surface area (TPSA) is 73.7 Å². The Morgan fingerprint density at radius 2 is 2.38 bits per heavy atom. The molecule has 0 aromatic carbocycles. The Labute approximate surface area is 93.3 Å². The summed E-state index contributed by atoms with van der Waals surface area (Å²) in [6.45, 7) is 0.979. The Morgan fingerprint density at radius 1 is 1.56 bits per heavy atom. The molecule has 1 aromatic heterocycles. The van der Waals surface area contributed by atoms with Gasteiger partial charge in [-0.3, -0.25) is 0 Å². The van der Waals surface area contributed by atoms with E-state index in [9.17, 15) is 9.90 Å². The van der Waals surface area contributed by atoms with E-state index < -0.39 is 5.97 Å². The lowest BCUT2D eigenvalue weighted by Crippen LogP contribution is -2.32. The number of anilines is 1. The highest BCUT2D eigenvalue weighted by Gasteiger charge is 2.24. The summed E-state index contributed by atoms with van der Waals surface area (Å²) in [5.41, 5.74) is 0.184. The summed E-state index contributed by atoms with van der Waals surface area (Å²) in [5.74, 6) is -0.235. The maximum atomic E-state index is 10.7. The summed E-state index contributed by atoms with van der Waals surface area (Å²) in [5, 5.41) is 17.9. The molecule has 0 aliphatic carbocycles. The van der Waals surface area contributed by atoms with Crippen molar-refractivity contribution in [2.45, 2.75) is 18.9 Å². The van der Waals surface area contributed by atoms with Crippen LogP contribution in [-0.2, 0) is 0 Å². The van der Waals surface area contributed by atoms with Gasteiger partial charge in [0.25, 0.3) is 0 Å². The van der Waals surface area contributed by atoms with Crippen molar-refractivity contribution in [1.29, 1.82) is 0 Å². The van der Waals surface area contributed by atoms with Crippen molar-refractivity contribution in [1.82, 2.24) is 4.98 Å². The Hall–Kier alpha value is -1.62. The van der Waals surface area contributed by atoms with Crippen molar-refractivity contribution < 1.29 is 15.0 Å². The highest BCUT2D eigenvalue weighted by atomic mass is 16.4. The van der Waals surface area contributed by atoms with Crippen LogP contribution in [-0.4, -0.2) is 40.4 Å². The summed E-state index contributed by atoms with van der Waals surface area (Å²) in [6, 6.07) is 3.35. The molecular weight excluding hydrogens is 208 g/mol. The van der Waals surface area contributed by atoms with E-state index in [1.165, 1.54) is 12.3 Å². The summed E-state index contributed by atoms with van der Waals surface area (Å²) in [4.78, 5) is 16.8. The van der Waals surface area contributed by atoms with Gasteiger partial charge in [-0.05, 0) is 25.0 Å². The zero-order valence-electron chi connectivity index (χ0n) is 8.83. The lowest BCUT2D eigenvalue weighted by atomic mass is 10.2. The van der Waals surface area contributed by atoms with Gasteiger partial charge in [0.2, 0.25) is 0 Å². The van der Waals surface area contributed by atoms with Crippen LogP contribution in [0.1, 0.15) is 23.2 Å². The van der Waals surface area contributed by atoms with E-state index in [0.717, 1.165) is 25.2 Å². The van der Waals surface area contributed by atoms with Crippen molar-refractivity contribution in [2.75, 3.05) is 18.1 Å². The number of aliphatic hydroxyl groups is 1. The van der Waals surface area contributed by atoms with Crippen molar-refractivity contribution in [3.05, 3.63) is 23.9 Å². The van der Waals surface area contributed by atoms with Crippen molar-refractivity contribution in [3.8, 4) is 0 Å². The van der Waals surface area contributed by atoms with E-state index in [-0.39, 0.29) is 18.2 Å². The third kappa shape index (κ3) is 1.99. The average molecular weight is 222 g/mol. The van der Waals surface area contributed by atoms with Gasteiger partial charge in [0.1, 0.15) is 5.82 Å². The normalized spacial score (nSPS) is 20.1. The second kappa shape index (κ2) is 4.49. The number of carboxylic acid groups (broad SMARTS) is 1. The number of pyridine rings is 1. The summed E-state index contributed by atoms with van der Waals surface area (Å²) >= 11 is 0. The Morgan fingerprint density at radius 3 is 2.94 bits per heavy atom. The standard InChI is InChI=1S/C11H14N2O3/c14-7-9-2-1-5-13(9)10-4-3-8(6-12-10)11(15)16/h3-4,6,9,14H,1-2,5,7H2,(H,15,16)/t9-/m0/s1. The summed E-state index contributed by atoms with van der Waals surface area (Å²) in [6.07, 6.45) is 3.34. The largest absolute Gasteiger partial charge is 0.478 e. The molecule has 86 valence electrons. The maximum Gasteiger partial charge on any atom is 0.337 e. The molecule has 0 spiro atoms. The molecule has 1 aromatic rings. The van der Waals surface area contributed by atoms with Crippen LogP contribution in [0.25, 0.3) is 0 Å². The number of carboxylic acids is 1. The molecule has 2 rings (SSSR count). The number of aromatic nitrogens is 1. The minimum atomic E-state index is -0.973. The van der Waals surface area contributed by atoms with Crippen LogP contribution in [0.2, 0.25) is 0 Å². The first-order chi connectivity index (χ1) is 7.72. The van der Waals surface area contributed by atoms with E-state index in [0.29, 0.717) is 0 Å². The highest BCUT2D eigenvalue weighted by Crippen LogP contribution is 2.23. The number of nitrogens with zero attached hydrogens (tertiary/aromatic N) is 2. The zero-order chi connectivity index (χ0) is 11.5. The molecular formula is C11H14N2O3. The predicted octanol–water partition coefficient (Wildman–Crippen LogP) is 0.741. The van der Waals surface area contributed by atoms with Crippen LogP contribution in [0.5, 0.6) is 0 Å². The summed E-state index contributed by atoms with van der Waals surface area (Å²) < 4.78 is 0. The van der Waals surface area contributed by atoms with E-state index in [1.807, 2.05) is 4.90 Å². The Bertz CT molecular complexity index is 377. The first-order valence-corrected chi connectivity index (χ1v) is 5.29. The molecule has 0 amide bonds. The van der Waals surface area contributed by atoms with Gasteiger partial charge >= 0.3 is 5.97 Å². The molecule has 5 heteroatoms. The molecule has 2 heterocycles. The zero-order valence-corrected chi connectivity index (χ0v) is 8.83. The SMILES string of the molecule is O=C(O)c1ccc(N2CCC[C@H]2CO)nc1. The molecule has 5 nitrogen and oxygen atoms in total. The minimum Gasteiger partial charge on any atom is -0.478 e. The number of aliphatic hydroxyl groups excluding tert-OH is 1. The third-order valence-corrected chi connectivity index (χ3v) is 2.88. The number of aromatic carboxylic acids is 1. The maximum absolute atomic E-state index is 10.7. The van der Waals surface area contributed by atoms with Crippen LogP contribution in [0.15, 0.2) is 18.3 Å². The van der Waals surface area contributed by atoms with Gasteiger partial charge in [0, 0.05) is 12.7 Å². The highest BCUT2D eigenvalue weighted by molar-refractivity contribution is 5.87. The van der Waals surface area contributed by atoms with Crippen LogP contribution >= 0.6 is 0 Å². The van der Waals surface area contributed by atoms with Crippen molar-refractivity contribution in [3.63, 3.8) is 0 Å². The second-order valence-electron chi connectivity index (χ2n) is 3.88. The average Bonchev–Trinajstić information content (AvgIpc) is 2.77. The predicted molar refractivity (Wildman–Crippen MR) is 58.7 cm³/mol. The van der Waals surface area contributed by atoms with E-state index >= 15 is 0 Å². The second-order valence-corrected chi connectivity index (χ2v) is 3.88. The molecule has 1 aliphatic rings. The van der Waals surface area contributed by atoms with Crippen LogP contribution in [0.4, 0.5) is 5.82 Å². The van der Waals surface area contributed by atoms with Gasteiger partial charge < -0.3 is 15.1 Å². The molecule has 1 aliphatic heterocycles. The van der Waals surface area contributed by atoms with E-state index in [4.69, 9.17) is 5.11 Å². The van der Waals surface area contributed by atoms with Crippen molar-refractivity contribution in [2.24, 2.45) is 0 Å². The van der Waals surface area contributed by atoms with Crippen LogP contribution in [0, 0.1) is 0 Å². The first-order valence-electron chi connectivity index (χ1n) is 5.29. The Kier molecular flexibility index (Phi) is 3.05. The lowest BCUT2D eigenvalue weighted by Gasteiger charge is -2.23. The fourth-order valence-corrected chi connectivity index (χ4v) is 2.01. The fourth-order valence-electron chi connectivity index (χ4n) is 2.01. The van der Waals surface area contributed by atoms with Gasteiger partial charge in [-0.15, -0.1) is 0 Å². The summed E-state index contributed by atoms with van der Waals surface area (Å²) in [7, 11) is 0. The molecule has 1 atom stereocenters. The quantitative estimate of drug-likeness (QED) is 0.789. The van der Waals surface area contributed by atoms with Crippen LogP contribution < -0.4 is 4.90 Å². The van der Waals surface area contributed by atoms with Crippen LogP contribution in [0.3, 0.4) is 0 Å². The first kappa shape index (κ1) is 10.9. The molecule has 1 fully saturated rings. The molecule has 16 heavy (non-hydrogen) atoms. The van der Waals surface area contributed by atoms with Gasteiger partial charge in [0.05, 0.1) is 18.2 Å². The molecule has 1 saturated heterocycles. The van der Waals surface area contributed by atoms with Crippen molar-refractivity contribution >= 4 is 11.8 Å². The van der Waals surface area contributed by atoms with Gasteiger partial charge in [-0.1, -0.05) is 0 Å². The molecule has 0 radical (unpaired) electrons. The van der Waals surface area contributed by atoms with E-state index in [2.05, 4.69) is 4.98 Å². The third-order valence-electron chi connectivity index (χ3n) is 2.88. The van der Waals surface area contributed by atoms with Gasteiger partial charge in [-0.2, -0.15) is 0 Å². The number of hydrogen-bond donors (Lipinski definition) is 2. The lowest BCUT2D eigenvalue weighted by molar-refractivity contribution is 0.0696. The van der Waals surface area contributed by atoms with Gasteiger partial charge in [-0.25, -0.2) is 9.78 Å². The number of hydrogen-bond acceptors (Lipinski definition) is 4. The monoisotopic (exact) mass is 222 g/mol. The molecule has 2 N–H and O–H groups in total. The smallest absolute Gasteiger partial charge is 0.337 e. The fraction of sp³-hybridized carbons (Fsp3) is 0.455. The van der Waals surface area contributed by atoms with Gasteiger partial charge in [0.15, 0.2) is 0 Å². The van der Waals surface area contributed by atoms with E-state index in [1.54, 1.807) is 6.07 Å². The Balaban J connectivity index is 2.18. The number of rotatable bonds is 3. The minimum absolute atomic E-state index is 0.113. The molecule has 0 bridgehead atoms.